The van der Waals surface area contributed by atoms with Gasteiger partial charge in [-0.25, -0.2) is 4.79 Å². The number of carbonyl (C=O) groups excluding carboxylic acids is 3. The Morgan fingerprint density at radius 2 is 1.78 bits per heavy atom. The van der Waals surface area contributed by atoms with Crippen LogP contribution >= 0.6 is 35.0 Å². The zero-order valence-electron chi connectivity index (χ0n) is 20.7. The number of methoxy groups -OCH3 is 1. The Bertz CT molecular complexity index is 1280. The molecule has 1 atom stereocenters. The summed E-state index contributed by atoms with van der Waals surface area (Å²) in [6.45, 7) is 6.42. The lowest BCUT2D eigenvalue weighted by molar-refractivity contribution is -0.113. The van der Waals surface area contributed by atoms with E-state index in [1.807, 2.05) is 25.3 Å². The van der Waals surface area contributed by atoms with Crippen LogP contribution in [0.3, 0.4) is 0 Å². The second-order valence-electron chi connectivity index (χ2n) is 8.31. The fourth-order valence-corrected chi connectivity index (χ4v) is 4.79. The van der Waals surface area contributed by atoms with Gasteiger partial charge in [-0.1, -0.05) is 48.8 Å². The van der Waals surface area contributed by atoms with E-state index in [1.54, 1.807) is 36.4 Å². The normalized spacial score (nSPS) is 11.8. The molecule has 2 aromatic carbocycles. The van der Waals surface area contributed by atoms with E-state index in [4.69, 9.17) is 23.2 Å². The van der Waals surface area contributed by atoms with E-state index in [0.29, 0.717) is 39.4 Å². The first-order valence-corrected chi connectivity index (χ1v) is 13.2. The summed E-state index contributed by atoms with van der Waals surface area (Å²) < 4.78 is 6.55. The van der Waals surface area contributed by atoms with Crippen LogP contribution in [0.15, 0.2) is 47.6 Å². The number of nitrogens with one attached hydrogen (secondary N) is 2. The molecule has 0 aliphatic heterocycles. The summed E-state index contributed by atoms with van der Waals surface area (Å²) in [6.07, 6.45) is 0. The van der Waals surface area contributed by atoms with Crippen molar-refractivity contribution in [3.8, 4) is 0 Å². The molecule has 0 radical (unpaired) electrons. The molecule has 0 saturated heterocycles. The number of nitrogens with zero attached hydrogens (tertiary/aromatic N) is 3. The second kappa shape index (κ2) is 12.9. The third-order valence-corrected chi connectivity index (χ3v) is 6.91. The number of carbonyl (C=O) groups is 3. The Hall–Kier alpha value is -3.08. The van der Waals surface area contributed by atoms with Gasteiger partial charge >= 0.3 is 5.97 Å². The smallest absolute Gasteiger partial charge is 0.337 e. The van der Waals surface area contributed by atoms with Crippen molar-refractivity contribution in [1.29, 1.82) is 0 Å². The van der Waals surface area contributed by atoms with E-state index >= 15 is 0 Å². The Labute approximate surface area is 229 Å². The van der Waals surface area contributed by atoms with E-state index in [2.05, 4.69) is 25.6 Å². The third kappa shape index (κ3) is 7.24. The zero-order chi connectivity index (χ0) is 27.1. The van der Waals surface area contributed by atoms with Crippen molar-refractivity contribution in [2.24, 2.45) is 5.92 Å². The number of thioether (sulfide) groups is 1. The highest BCUT2D eigenvalue weighted by molar-refractivity contribution is 7.99. The van der Waals surface area contributed by atoms with E-state index in [1.165, 1.54) is 24.9 Å². The molecular weight excluding hydrogens is 537 g/mol. The Morgan fingerprint density at radius 1 is 1.08 bits per heavy atom. The van der Waals surface area contributed by atoms with E-state index in [9.17, 15) is 14.4 Å². The first kappa shape index (κ1) is 28.5. The highest BCUT2D eigenvalue weighted by Crippen LogP contribution is 2.27. The van der Waals surface area contributed by atoms with E-state index in [-0.39, 0.29) is 28.5 Å². The quantitative estimate of drug-likeness (QED) is 0.255. The average molecular weight is 564 g/mol. The van der Waals surface area contributed by atoms with Crippen molar-refractivity contribution >= 4 is 58.4 Å². The van der Waals surface area contributed by atoms with Crippen LogP contribution in [-0.4, -0.2) is 45.4 Å². The maximum absolute atomic E-state index is 13.0. The molecule has 0 bridgehead atoms. The zero-order valence-corrected chi connectivity index (χ0v) is 23.1. The minimum Gasteiger partial charge on any atom is -0.465 e. The van der Waals surface area contributed by atoms with Gasteiger partial charge < -0.3 is 19.9 Å². The van der Waals surface area contributed by atoms with Crippen LogP contribution in [0.4, 0.5) is 5.69 Å². The molecule has 0 spiro atoms. The van der Waals surface area contributed by atoms with Gasteiger partial charge in [-0.3, -0.25) is 9.59 Å². The number of rotatable bonds is 10. The van der Waals surface area contributed by atoms with E-state index in [0.717, 1.165) is 0 Å². The van der Waals surface area contributed by atoms with Crippen LogP contribution in [0.1, 0.15) is 53.4 Å². The molecule has 0 aliphatic carbocycles. The minimum absolute atomic E-state index is 0.00126. The van der Waals surface area contributed by atoms with Gasteiger partial charge in [-0.15, -0.1) is 10.2 Å². The summed E-state index contributed by atoms with van der Waals surface area (Å²) in [5.74, 6) is -0.367. The fraction of sp³-hybridized carbons (Fsp3) is 0.320. The van der Waals surface area contributed by atoms with Gasteiger partial charge in [-0.05, 0) is 55.3 Å². The number of esters is 1. The molecule has 2 amide bonds. The fourth-order valence-electron chi connectivity index (χ4n) is 3.49. The van der Waals surface area contributed by atoms with Crippen LogP contribution in [-0.2, 0) is 16.1 Å². The predicted molar refractivity (Wildman–Crippen MR) is 144 cm³/mol. The summed E-state index contributed by atoms with van der Waals surface area (Å²) in [4.78, 5) is 37.0. The summed E-state index contributed by atoms with van der Waals surface area (Å²) in [6, 6.07) is 10.7. The van der Waals surface area contributed by atoms with Crippen molar-refractivity contribution in [2.45, 2.75) is 38.5 Å². The Balaban J connectivity index is 1.69. The summed E-state index contributed by atoms with van der Waals surface area (Å²) in [5.41, 5.74) is 1.26. The van der Waals surface area contributed by atoms with Crippen LogP contribution < -0.4 is 10.6 Å². The predicted octanol–water partition coefficient (Wildman–Crippen LogP) is 5.25. The topological polar surface area (TPSA) is 115 Å². The Kier molecular flexibility index (Phi) is 9.96. The van der Waals surface area contributed by atoms with E-state index < -0.39 is 12.0 Å². The van der Waals surface area contributed by atoms with Gasteiger partial charge in [0.2, 0.25) is 5.91 Å². The van der Waals surface area contributed by atoms with Gasteiger partial charge in [0.1, 0.15) is 0 Å². The van der Waals surface area contributed by atoms with Crippen molar-refractivity contribution in [1.82, 2.24) is 20.1 Å². The first-order chi connectivity index (χ1) is 17.6. The molecule has 12 heteroatoms. The first-order valence-electron chi connectivity index (χ1n) is 11.4. The van der Waals surface area contributed by atoms with Gasteiger partial charge in [0.15, 0.2) is 11.0 Å². The molecular formula is C25H27Cl2N5O4S. The lowest BCUT2D eigenvalue weighted by atomic mass is 10.0. The lowest BCUT2D eigenvalue weighted by Gasteiger charge is -2.22. The average Bonchev–Trinajstić information content (AvgIpc) is 3.28. The third-order valence-electron chi connectivity index (χ3n) is 5.39. The van der Waals surface area contributed by atoms with Crippen LogP contribution in [0, 0.1) is 5.92 Å². The van der Waals surface area contributed by atoms with Crippen molar-refractivity contribution in [3.05, 3.63) is 69.5 Å². The molecule has 37 heavy (non-hydrogen) atoms. The number of ether oxygens (including phenoxy) is 1. The molecule has 2 N–H and O–H groups in total. The molecule has 1 aromatic heterocycles. The number of amides is 2. The highest BCUT2D eigenvalue weighted by atomic mass is 35.5. The number of hydrogen-bond donors (Lipinski definition) is 2. The van der Waals surface area contributed by atoms with Gasteiger partial charge in [-0.2, -0.15) is 0 Å². The standard InChI is InChI=1S/C25H27Cl2N5O4S/c1-5-32-22(21(14(2)3)29-23(34)18-11-8-16(26)12-19(18)27)30-31-25(32)37-13-20(33)28-17-9-6-15(7-10-17)24(35)36-4/h6-12,14,21H,5,13H2,1-4H3,(H,28,33)(H,29,34). The number of hydrogen-bond acceptors (Lipinski definition) is 7. The monoisotopic (exact) mass is 563 g/mol. The number of anilines is 1. The van der Waals surface area contributed by atoms with Gasteiger partial charge in [0, 0.05) is 17.3 Å². The summed E-state index contributed by atoms with van der Waals surface area (Å²) in [5, 5.41) is 15.6. The maximum Gasteiger partial charge on any atom is 0.337 e. The second-order valence-corrected chi connectivity index (χ2v) is 10.1. The van der Waals surface area contributed by atoms with Gasteiger partial charge in [0.25, 0.3) is 5.91 Å². The molecule has 0 saturated carbocycles. The number of halogens is 2. The number of aromatic nitrogens is 3. The lowest BCUT2D eigenvalue weighted by Crippen LogP contribution is -2.34. The van der Waals surface area contributed by atoms with Crippen molar-refractivity contribution in [2.75, 3.05) is 18.2 Å². The maximum atomic E-state index is 13.0. The molecule has 3 aromatic rings. The molecule has 9 nitrogen and oxygen atoms in total. The minimum atomic E-state index is -0.449. The highest BCUT2D eigenvalue weighted by Gasteiger charge is 2.27. The van der Waals surface area contributed by atoms with Gasteiger partial charge in [0.05, 0.1) is 35.1 Å². The molecule has 1 unspecified atom stereocenters. The molecule has 1 heterocycles. The summed E-state index contributed by atoms with van der Waals surface area (Å²) in [7, 11) is 1.31. The van der Waals surface area contributed by atoms with Crippen LogP contribution in [0.2, 0.25) is 10.0 Å². The van der Waals surface area contributed by atoms with Crippen molar-refractivity contribution < 1.29 is 19.1 Å². The largest absolute Gasteiger partial charge is 0.465 e. The molecule has 0 fully saturated rings. The summed E-state index contributed by atoms with van der Waals surface area (Å²) >= 11 is 13.4. The van der Waals surface area contributed by atoms with Crippen molar-refractivity contribution in [3.63, 3.8) is 0 Å². The molecule has 0 aliphatic rings. The van der Waals surface area contributed by atoms with Crippen LogP contribution in [0.25, 0.3) is 0 Å². The molecule has 3 rings (SSSR count). The van der Waals surface area contributed by atoms with Crippen LogP contribution in [0.5, 0.6) is 0 Å². The number of benzene rings is 2. The SMILES string of the molecule is CCn1c(SCC(=O)Nc2ccc(C(=O)OC)cc2)nnc1C(NC(=O)c1ccc(Cl)cc1Cl)C(C)C. The Morgan fingerprint density at radius 3 is 2.38 bits per heavy atom. The molecule has 196 valence electrons.